The van der Waals surface area contributed by atoms with Gasteiger partial charge in [0, 0.05) is 44.3 Å². The molecule has 0 aliphatic heterocycles. The SMILES string of the molecule is c1ccc2[nH]c(-c3ccc(-c4cc5ccccc5[nH]4)c4ccccc34)cc2c1. The zero-order valence-corrected chi connectivity index (χ0v) is 15.2. The van der Waals surface area contributed by atoms with E-state index >= 15 is 0 Å². The minimum Gasteiger partial charge on any atom is -0.355 e. The molecule has 0 atom stereocenters. The Morgan fingerprint density at radius 1 is 0.429 bits per heavy atom. The van der Waals surface area contributed by atoms with Crippen molar-refractivity contribution in [2.45, 2.75) is 0 Å². The number of aromatic amines is 2. The number of H-pyrrole nitrogens is 2. The van der Waals surface area contributed by atoms with Crippen LogP contribution in [0.3, 0.4) is 0 Å². The molecule has 2 N–H and O–H groups in total. The van der Waals surface area contributed by atoms with Crippen LogP contribution in [0.2, 0.25) is 0 Å². The fourth-order valence-corrected chi connectivity index (χ4v) is 4.21. The predicted molar refractivity (Wildman–Crippen MR) is 119 cm³/mol. The van der Waals surface area contributed by atoms with Crippen molar-refractivity contribution in [1.29, 1.82) is 0 Å². The summed E-state index contributed by atoms with van der Waals surface area (Å²) in [4.78, 5) is 7.15. The van der Waals surface area contributed by atoms with Crippen LogP contribution in [0, 0.1) is 0 Å². The summed E-state index contributed by atoms with van der Waals surface area (Å²) in [7, 11) is 0. The number of nitrogens with one attached hydrogen (secondary N) is 2. The van der Waals surface area contributed by atoms with E-state index in [1.165, 1.54) is 43.7 Å². The second kappa shape index (κ2) is 5.86. The largest absolute Gasteiger partial charge is 0.355 e. The standard InChI is InChI=1S/C26H18N2/c1-5-11-23-17(7-1)15-25(27-23)21-13-14-22(20-10-4-3-9-19(20)21)26-16-18-8-2-6-12-24(18)28-26/h1-16,27-28H. The van der Waals surface area contributed by atoms with Gasteiger partial charge < -0.3 is 9.97 Å². The van der Waals surface area contributed by atoms with Crippen LogP contribution in [0.1, 0.15) is 0 Å². The van der Waals surface area contributed by atoms with Gasteiger partial charge in [-0.05, 0) is 35.0 Å². The highest BCUT2D eigenvalue weighted by atomic mass is 14.7. The summed E-state index contributed by atoms with van der Waals surface area (Å²) in [6.45, 7) is 0. The molecule has 0 radical (unpaired) electrons. The molecule has 2 nitrogen and oxygen atoms in total. The minimum absolute atomic E-state index is 1.15. The summed E-state index contributed by atoms with van der Waals surface area (Å²) >= 11 is 0. The smallest absolute Gasteiger partial charge is 0.0471 e. The van der Waals surface area contributed by atoms with Gasteiger partial charge >= 0.3 is 0 Å². The first kappa shape index (κ1) is 15.3. The van der Waals surface area contributed by atoms with Crippen LogP contribution < -0.4 is 0 Å². The summed E-state index contributed by atoms with van der Waals surface area (Å²) < 4.78 is 0. The van der Waals surface area contributed by atoms with Crippen molar-refractivity contribution in [1.82, 2.24) is 9.97 Å². The van der Waals surface area contributed by atoms with Gasteiger partial charge in [0.2, 0.25) is 0 Å². The molecule has 0 bridgehead atoms. The zero-order chi connectivity index (χ0) is 18.5. The first-order chi connectivity index (χ1) is 13.9. The molecule has 0 aliphatic rings. The van der Waals surface area contributed by atoms with E-state index in [0.29, 0.717) is 0 Å². The van der Waals surface area contributed by atoms with Crippen LogP contribution in [0.15, 0.2) is 97.1 Å². The van der Waals surface area contributed by atoms with Gasteiger partial charge in [0.15, 0.2) is 0 Å². The van der Waals surface area contributed by atoms with Crippen LogP contribution in [0.5, 0.6) is 0 Å². The lowest BCUT2D eigenvalue weighted by Gasteiger charge is -2.10. The van der Waals surface area contributed by atoms with Crippen molar-refractivity contribution in [2.24, 2.45) is 0 Å². The molecular formula is C26H18N2. The van der Waals surface area contributed by atoms with Crippen molar-refractivity contribution in [3.63, 3.8) is 0 Å². The number of hydrogen-bond donors (Lipinski definition) is 2. The van der Waals surface area contributed by atoms with E-state index in [-0.39, 0.29) is 0 Å². The highest BCUT2D eigenvalue weighted by Crippen LogP contribution is 2.36. The number of rotatable bonds is 2. The molecule has 0 unspecified atom stereocenters. The van der Waals surface area contributed by atoms with Crippen LogP contribution >= 0.6 is 0 Å². The second-order valence-corrected chi connectivity index (χ2v) is 7.25. The van der Waals surface area contributed by atoms with Crippen molar-refractivity contribution >= 4 is 32.6 Å². The number of aromatic nitrogens is 2. The maximum atomic E-state index is 3.58. The lowest BCUT2D eigenvalue weighted by atomic mass is 9.96. The fourth-order valence-electron chi connectivity index (χ4n) is 4.21. The maximum Gasteiger partial charge on any atom is 0.0471 e. The Labute approximate surface area is 162 Å². The Bertz CT molecular complexity index is 1290. The van der Waals surface area contributed by atoms with E-state index in [2.05, 4.69) is 107 Å². The maximum absolute atomic E-state index is 3.58. The van der Waals surface area contributed by atoms with Crippen molar-refractivity contribution < 1.29 is 0 Å². The summed E-state index contributed by atoms with van der Waals surface area (Å²) in [6, 6.07) is 34.4. The first-order valence-corrected chi connectivity index (χ1v) is 9.55. The highest BCUT2D eigenvalue weighted by molar-refractivity contribution is 6.06. The van der Waals surface area contributed by atoms with Crippen molar-refractivity contribution in [3.05, 3.63) is 97.1 Å². The van der Waals surface area contributed by atoms with Gasteiger partial charge in [-0.1, -0.05) is 72.8 Å². The molecule has 6 rings (SSSR count). The molecule has 28 heavy (non-hydrogen) atoms. The molecule has 2 heteroatoms. The summed E-state index contributed by atoms with van der Waals surface area (Å²) in [6.07, 6.45) is 0. The molecule has 6 aromatic rings. The van der Waals surface area contributed by atoms with Gasteiger partial charge in [0.05, 0.1) is 0 Å². The minimum atomic E-state index is 1.15. The monoisotopic (exact) mass is 358 g/mol. The Morgan fingerprint density at radius 3 is 1.32 bits per heavy atom. The quantitative estimate of drug-likeness (QED) is 0.330. The van der Waals surface area contributed by atoms with Crippen molar-refractivity contribution in [2.75, 3.05) is 0 Å². The molecule has 4 aromatic carbocycles. The number of benzene rings is 4. The third-order valence-electron chi connectivity index (χ3n) is 5.56. The summed E-state index contributed by atoms with van der Waals surface area (Å²) in [5.74, 6) is 0. The topological polar surface area (TPSA) is 31.6 Å². The predicted octanol–water partition coefficient (Wildman–Crippen LogP) is 7.14. The van der Waals surface area contributed by atoms with Gasteiger partial charge in [-0.15, -0.1) is 0 Å². The zero-order valence-electron chi connectivity index (χ0n) is 15.2. The molecule has 0 aliphatic carbocycles. The van der Waals surface area contributed by atoms with E-state index in [0.717, 1.165) is 11.4 Å². The van der Waals surface area contributed by atoms with E-state index < -0.39 is 0 Å². The molecule has 0 amide bonds. The first-order valence-electron chi connectivity index (χ1n) is 9.55. The molecule has 132 valence electrons. The number of para-hydroxylation sites is 2. The molecular weight excluding hydrogens is 340 g/mol. The number of fused-ring (bicyclic) bond motifs is 3. The fraction of sp³-hybridized carbons (Fsp3) is 0. The van der Waals surface area contributed by atoms with E-state index in [9.17, 15) is 0 Å². The molecule has 0 saturated carbocycles. The molecule has 2 heterocycles. The average Bonchev–Trinajstić information content (AvgIpc) is 3.37. The lowest BCUT2D eigenvalue weighted by Crippen LogP contribution is -1.86. The highest BCUT2D eigenvalue weighted by Gasteiger charge is 2.12. The Hall–Kier alpha value is -3.78. The molecule has 0 fully saturated rings. The lowest BCUT2D eigenvalue weighted by molar-refractivity contribution is 1.45. The van der Waals surface area contributed by atoms with Crippen LogP contribution in [0.25, 0.3) is 55.1 Å². The second-order valence-electron chi connectivity index (χ2n) is 7.25. The Kier molecular flexibility index (Phi) is 3.20. The van der Waals surface area contributed by atoms with Gasteiger partial charge in [-0.2, -0.15) is 0 Å². The van der Waals surface area contributed by atoms with E-state index in [4.69, 9.17) is 0 Å². The van der Waals surface area contributed by atoms with Crippen LogP contribution in [-0.4, -0.2) is 9.97 Å². The van der Waals surface area contributed by atoms with Crippen molar-refractivity contribution in [3.8, 4) is 22.5 Å². The summed E-state index contributed by atoms with van der Waals surface area (Å²) in [5.41, 5.74) is 7.10. The van der Waals surface area contributed by atoms with Crippen LogP contribution in [-0.2, 0) is 0 Å². The average molecular weight is 358 g/mol. The van der Waals surface area contributed by atoms with E-state index in [1.807, 2.05) is 0 Å². The van der Waals surface area contributed by atoms with Gasteiger partial charge in [0.1, 0.15) is 0 Å². The summed E-state index contributed by atoms with van der Waals surface area (Å²) in [5, 5.41) is 4.98. The normalized spacial score (nSPS) is 11.6. The van der Waals surface area contributed by atoms with E-state index in [1.54, 1.807) is 0 Å². The molecule has 0 spiro atoms. The Morgan fingerprint density at radius 2 is 0.857 bits per heavy atom. The van der Waals surface area contributed by atoms with Gasteiger partial charge in [-0.25, -0.2) is 0 Å². The molecule has 2 aromatic heterocycles. The molecule has 0 saturated heterocycles. The third kappa shape index (κ3) is 2.28. The Balaban J connectivity index is 1.60. The number of hydrogen-bond acceptors (Lipinski definition) is 0. The third-order valence-corrected chi connectivity index (χ3v) is 5.56. The van der Waals surface area contributed by atoms with Gasteiger partial charge in [0.25, 0.3) is 0 Å². The van der Waals surface area contributed by atoms with Gasteiger partial charge in [-0.3, -0.25) is 0 Å². The van der Waals surface area contributed by atoms with Crippen LogP contribution in [0.4, 0.5) is 0 Å².